The lowest BCUT2D eigenvalue weighted by atomic mass is 10.0. The monoisotopic (exact) mass is 426 g/mol. The summed E-state index contributed by atoms with van der Waals surface area (Å²) >= 11 is 5.75. The Morgan fingerprint density at radius 2 is 1.86 bits per heavy atom. The highest BCUT2D eigenvalue weighted by Gasteiger charge is 2.59. The Morgan fingerprint density at radius 1 is 1.25 bits per heavy atom. The summed E-state index contributed by atoms with van der Waals surface area (Å²) in [7, 11) is -1.76. The molecule has 2 aliphatic rings. The van der Waals surface area contributed by atoms with Gasteiger partial charge in [-0.2, -0.15) is 5.10 Å². The third-order valence-corrected chi connectivity index (χ3v) is 9.86. The molecule has 0 bridgehead atoms. The number of hydrogen-bond donors (Lipinski definition) is 1. The van der Waals surface area contributed by atoms with Gasteiger partial charge in [0.1, 0.15) is 5.82 Å². The normalized spacial score (nSPS) is 19.2. The van der Waals surface area contributed by atoms with Crippen LogP contribution in [0.5, 0.6) is 0 Å². The molecule has 154 valence electrons. The molecule has 1 aliphatic heterocycles. The minimum Gasteiger partial charge on any atom is -0.448 e. The van der Waals surface area contributed by atoms with Gasteiger partial charge in [0.2, 0.25) is 5.91 Å². The number of fused-ring (bicyclic) bond motifs is 1. The summed E-state index contributed by atoms with van der Waals surface area (Å²) in [6, 6.07) is 0. The lowest BCUT2D eigenvalue weighted by molar-refractivity contribution is -0.117. The number of amides is 2. The Morgan fingerprint density at radius 3 is 2.32 bits per heavy atom. The topological polar surface area (TPSA) is 93.5 Å². The first-order valence-electron chi connectivity index (χ1n) is 9.45. The molecule has 0 spiro atoms. The first-order chi connectivity index (χ1) is 12.9. The fraction of sp³-hybridized carbons (Fsp3) is 0.667. The summed E-state index contributed by atoms with van der Waals surface area (Å²) in [6.45, 7) is 12.2. The van der Waals surface area contributed by atoms with Crippen molar-refractivity contribution < 1.29 is 19.1 Å². The van der Waals surface area contributed by atoms with Crippen molar-refractivity contribution in [1.82, 2.24) is 14.7 Å². The second-order valence-corrected chi connectivity index (χ2v) is 14.8. The first-order valence-corrected chi connectivity index (χ1v) is 13.3. The van der Waals surface area contributed by atoms with Crippen molar-refractivity contribution in [3.05, 3.63) is 11.3 Å². The zero-order chi connectivity index (χ0) is 21.1. The lowest BCUT2D eigenvalue weighted by Gasteiger charge is -2.29. The highest BCUT2D eigenvalue weighted by molar-refractivity contribution is 6.83. The van der Waals surface area contributed by atoms with Crippen molar-refractivity contribution in [2.75, 3.05) is 11.9 Å². The number of halogens is 1. The average molecular weight is 427 g/mol. The zero-order valence-electron chi connectivity index (χ0n) is 17.2. The number of rotatable bonds is 4. The molecule has 10 heteroatoms. The van der Waals surface area contributed by atoms with E-state index in [2.05, 4.69) is 30.1 Å². The Kier molecular flexibility index (Phi) is 4.90. The van der Waals surface area contributed by atoms with Gasteiger partial charge in [-0.05, 0) is 45.2 Å². The molecule has 2 heterocycles. The summed E-state index contributed by atoms with van der Waals surface area (Å²) in [6.07, 6.45) is 1.04. The van der Waals surface area contributed by atoms with Crippen LogP contribution >= 0.6 is 11.6 Å². The minimum atomic E-state index is -1.76. The molecule has 1 saturated carbocycles. The molecular weight excluding hydrogens is 400 g/mol. The number of anilines is 1. The molecule has 1 aliphatic carbocycles. The number of hydrogen-bond acceptors (Lipinski definition) is 5. The predicted molar refractivity (Wildman–Crippen MR) is 108 cm³/mol. The van der Waals surface area contributed by atoms with E-state index in [-0.39, 0.29) is 29.9 Å². The van der Waals surface area contributed by atoms with E-state index in [0.717, 1.165) is 17.5 Å². The van der Waals surface area contributed by atoms with Crippen molar-refractivity contribution in [1.29, 1.82) is 0 Å². The zero-order valence-corrected chi connectivity index (χ0v) is 18.9. The van der Waals surface area contributed by atoms with Gasteiger partial charge in [-0.3, -0.25) is 9.59 Å². The number of carbonyl (C=O) groups excluding carboxylic acids is 3. The average Bonchev–Trinajstić information content (AvgIpc) is 3.25. The molecule has 0 radical (unpaired) electrons. The maximum atomic E-state index is 13.2. The van der Waals surface area contributed by atoms with Crippen molar-refractivity contribution in [3.63, 3.8) is 0 Å². The Hall–Kier alpha value is -1.87. The number of nitrogens with one attached hydrogen (secondary N) is 1. The molecule has 1 N–H and O–H groups in total. The van der Waals surface area contributed by atoms with Gasteiger partial charge in [0, 0.05) is 10.6 Å². The quantitative estimate of drug-likeness (QED) is 0.444. The highest BCUT2D eigenvalue weighted by atomic mass is 35.5. The van der Waals surface area contributed by atoms with E-state index in [0.29, 0.717) is 11.3 Å². The SMILES string of the molecule is CCOC(=O)n1nc2c(c1NC(=O)C1([Si](C)(C)C)CC1)CN(C(=O)Cl)C2(C)C. The Balaban J connectivity index is 2.04. The van der Waals surface area contributed by atoms with E-state index in [1.165, 1.54) is 4.90 Å². The predicted octanol–water partition coefficient (Wildman–Crippen LogP) is 4.11. The number of carbonyl (C=O) groups is 3. The maximum Gasteiger partial charge on any atom is 0.436 e. The first kappa shape index (κ1) is 20.9. The fourth-order valence-corrected chi connectivity index (χ4v) is 6.61. The summed E-state index contributed by atoms with van der Waals surface area (Å²) < 4.78 is 6.21. The molecule has 1 aromatic rings. The van der Waals surface area contributed by atoms with Gasteiger partial charge in [-0.1, -0.05) is 19.6 Å². The van der Waals surface area contributed by atoms with E-state index in [9.17, 15) is 14.4 Å². The summed E-state index contributed by atoms with van der Waals surface area (Å²) in [5.41, 5.74) is 0.344. The molecule has 0 saturated heterocycles. The smallest absolute Gasteiger partial charge is 0.436 e. The van der Waals surface area contributed by atoms with Crippen LogP contribution < -0.4 is 5.32 Å². The third kappa shape index (κ3) is 3.04. The molecule has 0 unspecified atom stereocenters. The van der Waals surface area contributed by atoms with Crippen LogP contribution in [0.1, 0.15) is 44.9 Å². The minimum absolute atomic E-state index is 0.0895. The second kappa shape index (κ2) is 6.59. The van der Waals surface area contributed by atoms with Gasteiger partial charge in [0.15, 0.2) is 0 Å². The molecular formula is C18H27ClN4O4Si. The summed E-state index contributed by atoms with van der Waals surface area (Å²) in [5.74, 6) is 0.185. The Labute approximate surface area is 170 Å². The van der Waals surface area contributed by atoms with Crippen LogP contribution in [0, 0.1) is 0 Å². The van der Waals surface area contributed by atoms with E-state index >= 15 is 0 Å². The number of aromatic nitrogens is 2. The molecule has 1 aromatic heterocycles. The largest absolute Gasteiger partial charge is 0.448 e. The van der Waals surface area contributed by atoms with Gasteiger partial charge < -0.3 is 15.0 Å². The van der Waals surface area contributed by atoms with Gasteiger partial charge >= 0.3 is 11.5 Å². The van der Waals surface area contributed by atoms with E-state index in [1.807, 2.05) is 0 Å². The van der Waals surface area contributed by atoms with Crippen LogP contribution in [-0.4, -0.2) is 46.7 Å². The van der Waals surface area contributed by atoms with Crippen molar-refractivity contribution >= 4 is 42.9 Å². The molecule has 1 fully saturated rings. The highest BCUT2D eigenvalue weighted by Crippen LogP contribution is 2.61. The molecule has 2 amide bonds. The van der Waals surface area contributed by atoms with Gasteiger partial charge in [-0.25, -0.2) is 4.79 Å². The van der Waals surface area contributed by atoms with Crippen LogP contribution in [0.2, 0.25) is 24.7 Å². The number of nitrogens with zero attached hydrogens (tertiary/aromatic N) is 3. The standard InChI is InChI=1S/C18H27ClN4O4Si/c1-7-27-16(26)23-13(20-14(24)18(8-9-18)28(4,5)6)11-10-22(15(19)25)17(2,3)12(11)21-23/h7-10H2,1-6H3,(H,20,24). The van der Waals surface area contributed by atoms with Crippen LogP contribution in [0.4, 0.5) is 15.4 Å². The molecule has 0 aromatic carbocycles. The number of ether oxygens (including phenoxy) is 1. The third-order valence-electron chi connectivity index (χ3n) is 6.06. The molecule has 28 heavy (non-hydrogen) atoms. The van der Waals surface area contributed by atoms with E-state index in [4.69, 9.17) is 16.3 Å². The Bertz CT molecular complexity index is 855. The van der Waals surface area contributed by atoms with Crippen LogP contribution in [0.3, 0.4) is 0 Å². The summed E-state index contributed by atoms with van der Waals surface area (Å²) in [4.78, 5) is 39.0. The maximum absolute atomic E-state index is 13.2. The second-order valence-electron chi connectivity index (χ2n) is 8.97. The molecule has 3 rings (SSSR count). The van der Waals surface area contributed by atoms with Gasteiger partial charge in [-0.15, -0.1) is 4.68 Å². The van der Waals surface area contributed by atoms with Crippen molar-refractivity contribution in [2.45, 2.75) is 70.4 Å². The van der Waals surface area contributed by atoms with Crippen LogP contribution in [0.25, 0.3) is 0 Å². The van der Waals surface area contributed by atoms with Gasteiger partial charge in [0.25, 0.3) is 0 Å². The van der Waals surface area contributed by atoms with Gasteiger partial charge in [0.05, 0.1) is 32.5 Å². The van der Waals surface area contributed by atoms with E-state index in [1.54, 1.807) is 20.8 Å². The van der Waals surface area contributed by atoms with Crippen LogP contribution in [-0.2, 0) is 21.6 Å². The lowest BCUT2D eigenvalue weighted by Crippen LogP contribution is -2.40. The molecule has 0 atom stereocenters. The fourth-order valence-electron chi connectivity index (χ4n) is 3.97. The van der Waals surface area contributed by atoms with Crippen LogP contribution in [0.15, 0.2) is 0 Å². The van der Waals surface area contributed by atoms with Crippen molar-refractivity contribution in [3.8, 4) is 0 Å². The van der Waals surface area contributed by atoms with Crippen molar-refractivity contribution in [2.24, 2.45) is 0 Å². The molecule has 8 nitrogen and oxygen atoms in total. The van der Waals surface area contributed by atoms with E-state index < -0.39 is 25.1 Å². The summed E-state index contributed by atoms with van der Waals surface area (Å²) in [5, 5.41) is 6.39.